The van der Waals surface area contributed by atoms with Crippen LogP contribution in [0.2, 0.25) is 0 Å². The number of carbonyl (C=O) groups excluding carboxylic acids is 2. The van der Waals surface area contributed by atoms with E-state index in [1.165, 1.54) is 6.92 Å². The molecule has 168 valence electrons. The lowest BCUT2D eigenvalue weighted by Crippen LogP contribution is -2.56. The van der Waals surface area contributed by atoms with Crippen molar-refractivity contribution in [2.24, 2.45) is 0 Å². The molecule has 0 spiro atoms. The topological polar surface area (TPSA) is 114 Å². The van der Waals surface area contributed by atoms with Gasteiger partial charge in [0, 0.05) is 5.92 Å². The molecule has 2 amide bonds. The predicted molar refractivity (Wildman–Crippen MR) is 116 cm³/mol. The molecule has 32 heavy (non-hydrogen) atoms. The van der Waals surface area contributed by atoms with E-state index < -0.39 is 29.6 Å². The average Bonchev–Trinajstić information content (AvgIpc) is 3.08. The summed E-state index contributed by atoms with van der Waals surface area (Å²) in [5.41, 5.74) is 6.00. The maximum atomic E-state index is 12.6. The second kappa shape index (κ2) is 9.00. The standard InChI is InChI=1S/C24H26N2O6/c1-15(22(28)29)32-26-21(27)13-24(11-6-12-24)25-23(30)31-14-20-18-9-4-2-7-16(18)17-8-3-5-10-19(17)20/h2-5,7-10,15,20H,6,11-14H2,1H3,(H,25,30)(H,26,27)(H,28,29). The Hall–Kier alpha value is -3.39. The van der Waals surface area contributed by atoms with Crippen LogP contribution in [0.1, 0.15) is 49.7 Å². The Morgan fingerprint density at radius 2 is 1.66 bits per heavy atom. The fourth-order valence-corrected chi connectivity index (χ4v) is 4.35. The molecule has 0 radical (unpaired) electrons. The summed E-state index contributed by atoms with van der Waals surface area (Å²) >= 11 is 0. The highest BCUT2D eigenvalue weighted by Crippen LogP contribution is 2.44. The zero-order valence-corrected chi connectivity index (χ0v) is 17.8. The smallest absolute Gasteiger partial charge is 0.407 e. The summed E-state index contributed by atoms with van der Waals surface area (Å²) in [7, 11) is 0. The van der Waals surface area contributed by atoms with Crippen LogP contribution < -0.4 is 10.8 Å². The molecule has 2 aromatic carbocycles. The van der Waals surface area contributed by atoms with E-state index in [0.29, 0.717) is 12.8 Å². The first-order chi connectivity index (χ1) is 15.4. The molecule has 1 fully saturated rings. The Bertz CT molecular complexity index is 987. The van der Waals surface area contributed by atoms with E-state index in [-0.39, 0.29) is 18.9 Å². The first-order valence-corrected chi connectivity index (χ1v) is 10.7. The van der Waals surface area contributed by atoms with Crippen LogP contribution >= 0.6 is 0 Å². The van der Waals surface area contributed by atoms with E-state index in [1.807, 2.05) is 24.3 Å². The average molecular weight is 438 g/mol. The first kappa shape index (κ1) is 21.8. The zero-order valence-electron chi connectivity index (χ0n) is 17.8. The number of carboxylic acids is 1. The van der Waals surface area contributed by atoms with Gasteiger partial charge in [0.2, 0.25) is 5.91 Å². The van der Waals surface area contributed by atoms with Crippen LogP contribution in [0.5, 0.6) is 0 Å². The van der Waals surface area contributed by atoms with Crippen LogP contribution in [0.3, 0.4) is 0 Å². The Morgan fingerprint density at radius 3 is 2.19 bits per heavy atom. The molecule has 1 unspecified atom stereocenters. The quantitative estimate of drug-likeness (QED) is 0.545. The van der Waals surface area contributed by atoms with Gasteiger partial charge in [0.15, 0.2) is 6.10 Å². The first-order valence-electron chi connectivity index (χ1n) is 10.7. The monoisotopic (exact) mass is 438 g/mol. The van der Waals surface area contributed by atoms with Gasteiger partial charge in [0.1, 0.15) is 6.61 Å². The van der Waals surface area contributed by atoms with Crippen molar-refractivity contribution in [3.8, 4) is 11.1 Å². The summed E-state index contributed by atoms with van der Waals surface area (Å²) in [5, 5.41) is 11.7. The SMILES string of the molecule is CC(ONC(=O)CC1(NC(=O)OCC2c3ccccc3-c3ccccc32)CCC1)C(=O)O. The molecule has 0 heterocycles. The molecule has 2 aromatic rings. The molecule has 1 atom stereocenters. The van der Waals surface area contributed by atoms with Gasteiger partial charge in [-0.05, 0) is 48.4 Å². The molecular formula is C24H26N2O6. The zero-order chi connectivity index (χ0) is 22.7. The number of carbonyl (C=O) groups is 3. The number of alkyl carbamates (subject to hydrolysis) is 1. The lowest BCUT2D eigenvalue weighted by atomic mass is 9.74. The Balaban J connectivity index is 1.34. The number of hydrogen-bond acceptors (Lipinski definition) is 5. The Morgan fingerprint density at radius 1 is 1.06 bits per heavy atom. The summed E-state index contributed by atoms with van der Waals surface area (Å²) in [6.07, 6.45) is 0.413. The third-order valence-corrected chi connectivity index (χ3v) is 6.22. The molecule has 2 aliphatic carbocycles. The van der Waals surface area contributed by atoms with Gasteiger partial charge in [-0.3, -0.25) is 9.63 Å². The lowest BCUT2D eigenvalue weighted by molar-refractivity contribution is -0.159. The number of carboxylic acid groups (broad SMARTS) is 1. The normalized spacial score (nSPS) is 16.8. The molecule has 0 bridgehead atoms. The number of amides is 2. The van der Waals surface area contributed by atoms with Crippen LogP contribution in [0.15, 0.2) is 48.5 Å². The van der Waals surface area contributed by atoms with Crippen molar-refractivity contribution in [3.05, 3.63) is 59.7 Å². The van der Waals surface area contributed by atoms with E-state index >= 15 is 0 Å². The van der Waals surface area contributed by atoms with Gasteiger partial charge in [-0.25, -0.2) is 15.1 Å². The van der Waals surface area contributed by atoms with E-state index in [0.717, 1.165) is 28.7 Å². The number of fused-ring (bicyclic) bond motifs is 3. The molecule has 8 heteroatoms. The number of hydroxylamine groups is 1. The number of benzene rings is 2. The van der Waals surface area contributed by atoms with Crippen LogP contribution in [0.25, 0.3) is 11.1 Å². The largest absolute Gasteiger partial charge is 0.479 e. The summed E-state index contributed by atoms with van der Waals surface area (Å²) in [6.45, 7) is 1.51. The predicted octanol–water partition coefficient (Wildman–Crippen LogP) is 3.36. The van der Waals surface area contributed by atoms with Gasteiger partial charge in [-0.2, -0.15) is 0 Å². The molecule has 4 rings (SSSR count). The van der Waals surface area contributed by atoms with Crippen LogP contribution in [0, 0.1) is 0 Å². The van der Waals surface area contributed by atoms with Crippen molar-refractivity contribution < 1.29 is 29.1 Å². The van der Waals surface area contributed by atoms with Crippen molar-refractivity contribution in [1.82, 2.24) is 10.8 Å². The fourth-order valence-electron chi connectivity index (χ4n) is 4.35. The molecule has 0 aliphatic heterocycles. The number of nitrogens with one attached hydrogen (secondary N) is 2. The molecule has 0 aromatic heterocycles. The Labute approximate surface area is 185 Å². The second-order valence-electron chi connectivity index (χ2n) is 8.38. The highest BCUT2D eigenvalue weighted by molar-refractivity contribution is 5.80. The lowest BCUT2D eigenvalue weighted by Gasteiger charge is -2.41. The number of aliphatic carboxylic acids is 1. The molecule has 2 aliphatic rings. The Kier molecular flexibility index (Phi) is 6.14. The van der Waals surface area contributed by atoms with Crippen molar-refractivity contribution in [2.45, 2.75) is 50.2 Å². The molecule has 3 N–H and O–H groups in total. The summed E-state index contributed by atoms with van der Waals surface area (Å²) in [4.78, 5) is 40.4. The van der Waals surface area contributed by atoms with Crippen molar-refractivity contribution >= 4 is 18.0 Å². The second-order valence-corrected chi connectivity index (χ2v) is 8.38. The minimum absolute atomic E-state index is 0.0104. The van der Waals surface area contributed by atoms with Gasteiger partial charge < -0.3 is 15.2 Å². The van der Waals surface area contributed by atoms with E-state index in [4.69, 9.17) is 14.7 Å². The van der Waals surface area contributed by atoms with Gasteiger partial charge in [0.05, 0.1) is 12.0 Å². The van der Waals surface area contributed by atoms with Crippen molar-refractivity contribution in [1.29, 1.82) is 0 Å². The fraction of sp³-hybridized carbons (Fsp3) is 0.375. The molecule has 0 saturated heterocycles. The van der Waals surface area contributed by atoms with Crippen LogP contribution in [0.4, 0.5) is 4.79 Å². The van der Waals surface area contributed by atoms with Gasteiger partial charge >= 0.3 is 12.1 Å². The minimum Gasteiger partial charge on any atom is -0.479 e. The molecule has 1 saturated carbocycles. The number of rotatable bonds is 8. The number of ether oxygens (including phenoxy) is 1. The van der Waals surface area contributed by atoms with E-state index in [2.05, 4.69) is 35.1 Å². The van der Waals surface area contributed by atoms with Gasteiger partial charge in [-0.1, -0.05) is 48.5 Å². The van der Waals surface area contributed by atoms with Crippen LogP contribution in [-0.4, -0.2) is 41.3 Å². The minimum atomic E-state index is -1.18. The summed E-state index contributed by atoms with van der Waals surface area (Å²) in [6, 6.07) is 16.2. The maximum Gasteiger partial charge on any atom is 0.407 e. The van der Waals surface area contributed by atoms with E-state index in [9.17, 15) is 14.4 Å². The van der Waals surface area contributed by atoms with Gasteiger partial charge in [0.25, 0.3) is 0 Å². The van der Waals surface area contributed by atoms with Crippen molar-refractivity contribution in [3.63, 3.8) is 0 Å². The van der Waals surface area contributed by atoms with E-state index in [1.54, 1.807) is 0 Å². The van der Waals surface area contributed by atoms with Gasteiger partial charge in [-0.15, -0.1) is 0 Å². The highest BCUT2D eigenvalue weighted by atomic mass is 16.7. The summed E-state index contributed by atoms with van der Waals surface area (Å²) < 4.78 is 5.59. The molecule has 8 nitrogen and oxygen atoms in total. The molecular weight excluding hydrogens is 412 g/mol. The van der Waals surface area contributed by atoms with Crippen LogP contribution in [-0.2, 0) is 19.2 Å². The van der Waals surface area contributed by atoms with Crippen molar-refractivity contribution in [2.75, 3.05) is 6.61 Å². The highest BCUT2D eigenvalue weighted by Gasteiger charge is 2.41. The maximum absolute atomic E-state index is 12.6. The number of hydrogen-bond donors (Lipinski definition) is 3. The third-order valence-electron chi connectivity index (χ3n) is 6.22. The third kappa shape index (κ3) is 4.45. The summed E-state index contributed by atoms with van der Waals surface area (Å²) in [5.74, 6) is -1.71.